The Balaban J connectivity index is 1.06. The maximum atomic E-state index is 15.3. The number of amides is 12. The van der Waals surface area contributed by atoms with Gasteiger partial charge in [0, 0.05) is 81.2 Å². The molecule has 0 unspecified atom stereocenters. The number of halogens is 2. The summed E-state index contributed by atoms with van der Waals surface area (Å²) in [6.07, 6.45) is 3.64. The van der Waals surface area contributed by atoms with E-state index in [1.165, 1.54) is 75.8 Å². The van der Waals surface area contributed by atoms with Crippen molar-refractivity contribution in [2.45, 2.75) is 165 Å². The van der Waals surface area contributed by atoms with E-state index in [9.17, 15) is 52.6 Å². The Hall–Kier alpha value is -11.9. The van der Waals surface area contributed by atoms with Crippen LogP contribution in [0.25, 0.3) is 16.5 Å². The van der Waals surface area contributed by atoms with Crippen molar-refractivity contribution in [3.8, 4) is 5.75 Å². The number of allylic oxidation sites excluding steroid dienone is 1. The summed E-state index contributed by atoms with van der Waals surface area (Å²) < 4.78 is 35.3. The van der Waals surface area contributed by atoms with Gasteiger partial charge < -0.3 is 83.6 Å². The fourth-order valence-electron chi connectivity index (χ4n) is 13.0. The van der Waals surface area contributed by atoms with E-state index < -0.39 is 162 Å². The van der Waals surface area contributed by atoms with Crippen LogP contribution in [-0.4, -0.2) is 176 Å². The van der Waals surface area contributed by atoms with Gasteiger partial charge in [-0.1, -0.05) is 48.5 Å². The zero-order valence-electron chi connectivity index (χ0n) is 58.2. The predicted molar refractivity (Wildman–Crippen MR) is 375 cm³/mol. The van der Waals surface area contributed by atoms with Crippen LogP contribution in [0.2, 0.25) is 0 Å². The van der Waals surface area contributed by atoms with Crippen LogP contribution in [0.4, 0.5) is 8.78 Å². The second kappa shape index (κ2) is 35.4. The molecule has 3 aliphatic rings. The van der Waals surface area contributed by atoms with Crippen molar-refractivity contribution in [1.29, 1.82) is 0 Å². The van der Waals surface area contributed by atoms with Crippen molar-refractivity contribution >= 4 is 93.3 Å². The topological polar surface area (TPSA) is 445 Å². The molecule has 9 rings (SSSR count). The SMILES string of the molecule is COc1ccc(C[C@@H]2NC(=O)[C@H](Cc3cnc[nH]3)NC(=O)[C@H](CC(=O)O)NC(=O)[C@H](Cc3c[nH]c4ccc(F)cc34)NC(=O)[C@H](CC3=CCc4ccc(F)cc43)NC(=O)[C@@H](C)NC(=O)[C@H](NC(C)=O)CCCCNC(=O)Cc3cccc(c3)CNC(=O)C[C@@H](C(N)=O)NC(=O)[C@]3(C)CCCN3C2=O)cc1. The highest BCUT2D eigenvalue weighted by molar-refractivity contribution is 6.01. The standard InChI is InChI=1S/C73H85F2N15O15/c1-39-65(97)84-56(28-45-15-14-44-16-17-47(74)30-51(44)45)67(99)85-57(29-46-36-79-53-21-18-48(75)31-52(46)53)68(100)87-59(34-63(94)95)70(102)86-58(32-49-37-77-38-81-49)69(101)88-60(26-41-12-19-50(105-4)20-13-41)71(103)90-24-8-22-73(90,3)72(104)89-55(64(76)96)33-62(93)80-35-43-10-7-9-42(25-43)27-61(92)78-23-6-5-11-54(66(98)82-39)83-40(2)91/h7,9-10,12-13,15-21,25,30-31,36-39,54-60,79H,5-6,8,11,14,22-24,26-29,32-35H2,1-4H3,(H2,76,96)(H,77,81)(H,78,92)(H,80,93)(H,82,98)(H,83,91)(H,84,97)(H,85,99)(H,86,102)(H,87,100)(H,88,101)(H,89,104)(H,94,95)/t39-,54-,55+,56+,57+,58+,59+,60+,73+/m1/s1. The zero-order valence-corrected chi connectivity index (χ0v) is 58.2. The Morgan fingerprint density at radius 3 is 2.07 bits per heavy atom. The molecule has 1 fully saturated rings. The highest BCUT2D eigenvalue weighted by atomic mass is 19.1. The molecule has 1 aliphatic carbocycles. The molecule has 556 valence electrons. The van der Waals surface area contributed by atoms with E-state index in [2.05, 4.69) is 68.1 Å². The second-order valence-corrected chi connectivity index (χ2v) is 26.5. The van der Waals surface area contributed by atoms with Gasteiger partial charge in [-0.3, -0.25) is 62.3 Å². The molecule has 0 saturated carbocycles. The molecule has 105 heavy (non-hydrogen) atoms. The van der Waals surface area contributed by atoms with Crippen LogP contribution in [-0.2, 0) is 101 Å². The highest BCUT2D eigenvalue weighted by Gasteiger charge is 2.49. The predicted octanol–water partition coefficient (Wildman–Crippen LogP) is 1.04. The number of aromatic amines is 2. The first kappa shape index (κ1) is 77.3. The summed E-state index contributed by atoms with van der Waals surface area (Å²) in [6, 6.07) is 7.99. The number of nitrogens with two attached hydrogens (primary N) is 1. The fourth-order valence-corrected chi connectivity index (χ4v) is 13.0. The van der Waals surface area contributed by atoms with Crippen molar-refractivity contribution in [1.82, 2.24) is 73.0 Å². The van der Waals surface area contributed by atoms with Gasteiger partial charge in [-0.05, 0) is 134 Å². The van der Waals surface area contributed by atoms with Crippen LogP contribution < -0.4 is 63.6 Å². The molecule has 30 nitrogen and oxygen atoms in total. The quantitative estimate of drug-likeness (QED) is 0.0768. The number of benzene rings is 4. The first-order chi connectivity index (χ1) is 50.1. The summed E-state index contributed by atoms with van der Waals surface area (Å²) >= 11 is 0. The van der Waals surface area contributed by atoms with E-state index in [1.54, 1.807) is 60.7 Å². The molecule has 0 spiro atoms. The summed E-state index contributed by atoms with van der Waals surface area (Å²) in [5, 5.41) is 36.8. The number of carboxylic acids is 1. The van der Waals surface area contributed by atoms with E-state index in [-0.39, 0.29) is 87.1 Å². The number of aliphatic carboxylic acids is 1. The van der Waals surface area contributed by atoms with Gasteiger partial charge in [-0.25, -0.2) is 13.8 Å². The third-order valence-corrected chi connectivity index (χ3v) is 18.6. The number of aromatic nitrogens is 3. The van der Waals surface area contributed by atoms with Crippen molar-refractivity contribution in [2.75, 3.05) is 20.2 Å². The monoisotopic (exact) mass is 1450 g/mol. The van der Waals surface area contributed by atoms with E-state index in [0.717, 1.165) is 6.07 Å². The van der Waals surface area contributed by atoms with Crippen molar-refractivity contribution in [3.63, 3.8) is 0 Å². The maximum absolute atomic E-state index is 15.3. The fraction of sp³-hybridized carbons (Fsp3) is 0.397. The van der Waals surface area contributed by atoms with Crippen molar-refractivity contribution < 1.29 is 81.0 Å². The molecular weight excluding hydrogens is 1360 g/mol. The molecule has 15 N–H and O–H groups in total. The van der Waals surface area contributed by atoms with Crippen molar-refractivity contribution in [3.05, 3.63) is 160 Å². The molecule has 32 heteroatoms. The second-order valence-electron chi connectivity index (χ2n) is 26.5. The molecule has 1 saturated heterocycles. The summed E-state index contributed by atoms with van der Waals surface area (Å²) in [4.78, 5) is 195. The Bertz CT molecular complexity index is 4300. The number of ether oxygens (including phenoxy) is 1. The number of imidazole rings is 1. The number of fused-ring (bicyclic) bond motifs is 5. The lowest BCUT2D eigenvalue weighted by Gasteiger charge is -2.37. The first-order valence-corrected chi connectivity index (χ1v) is 34.3. The molecule has 2 bridgehead atoms. The highest BCUT2D eigenvalue weighted by Crippen LogP contribution is 2.33. The van der Waals surface area contributed by atoms with Gasteiger partial charge in [0.1, 0.15) is 71.3 Å². The smallest absolute Gasteiger partial charge is 0.305 e. The van der Waals surface area contributed by atoms with E-state index in [4.69, 9.17) is 10.5 Å². The van der Waals surface area contributed by atoms with Crippen molar-refractivity contribution in [2.24, 2.45) is 5.73 Å². The lowest BCUT2D eigenvalue weighted by atomic mass is 9.95. The Morgan fingerprint density at radius 1 is 0.705 bits per heavy atom. The number of nitrogens with one attached hydrogen (secondary N) is 12. The third kappa shape index (κ3) is 20.9. The van der Waals surface area contributed by atoms with Crippen LogP contribution >= 0.6 is 0 Å². The number of methoxy groups -OCH3 is 1. The molecule has 9 atom stereocenters. The summed E-state index contributed by atoms with van der Waals surface area (Å²) in [7, 11) is 1.44. The number of carbonyl (C=O) groups is 13. The maximum Gasteiger partial charge on any atom is 0.305 e. The van der Waals surface area contributed by atoms with Crippen LogP contribution in [0.5, 0.6) is 5.75 Å². The molecule has 2 aromatic heterocycles. The van der Waals surface area contributed by atoms with E-state index >= 15 is 23.6 Å². The number of primary amides is 1. The Labute approximate surface area is 601 Å². The third-order valence-electron chi connectivity index (χ3n) is 18.6. The average molecular weight is 1450 g/mol. The number of H-pyrrole nitrogens is 2. The van der Waals surface area contributed by atoms with Gasteiger partial charge in [0.25, 0.3) is 0 Å². The number of rotatable bonds is 13. The van der Waals surface area contributed by atoms with Crippen LogP contribution in [0.15, 0.2) is 110 Å². The minimum absolute atomic E-state index is 0.0339. The number of hydrogen-bond donors (Lipinski definition) is 14. The van der Waals surface area contributed by atoms with Gasteiger partial charge >= 0.3 is 5.97 Å². The van der Waals surface area contributed by atoms with Gasteiger partial charge in [0.05, 0.1) is 32.7 Å². The van der Waals surface area contributed by atoms with Gasteiger partial charge in [0.15, 0.2) is 0 Å². The zero-order chi connectivity index (χ0) is 75.6. The number of carboxylic acid groups (broad SMARTS) is 1. The Kier molecular flexibility index (Phi) is 26.0. The molecule has 6 aromatic rings. The molecule has 4 aromatic carbocycles. The summed E-state index contributed by atoms with van der Waals surface area (Å²) in [5.41, 5.74) is 8.03. The average Bonchev–Trinajstić information content (AvgIpc) is 1.71. The van der Waals surface area contributed by atoms with Crippen LogP contribution in [0.1, 0.15) is 111 Å². The van der Waals surface area contributed by atoms with E-state index in [1.807, 2.05) is 0 Å². The summed E-state index contributed by atoms with van der Waals surface area (Å²) in [6.45, 7) is 3.98. The molecule has 12 amide bonds. The number of carbonyl (C=O) groups excluding carboxylic acids is 12. The minimum atomic E-state index is -2.07. The van der Waals surface area contributed by atoms with Gasteiger partial charge in [0.2, 0.25) is 70.9 Å². The van der Waals surface area contributed by atoms with Crippen LogP contribution in [0.3, 0.4) is 0 Å². The summed E-state index contributed by atoms with van der Waals surface area (Å²) in [5.74, 6) is -13.2. The minimum Gasteiger partial charge on any atom is -0.497 e. The molecular formula is C73H85F2N15O15. The number of nitrogens with zero attached hydrogens (tertiary/aromatic N) is 2. The number of hydrogen-bond acceptors (Lipinski definition) is 15. The molecule has 4 heterocycles. The van der Waals surface area contributed by atoms with Gasteiger partial charge in [-0.15, -0.1) is 0 Å². The van der Waals surface area contributed by atoms with E-state index in [0.29, 0.717) is 57.5 Å². The normalized spacial score (nSPS) is 23.5. The largest absolute Gasteiger partial charge is 0.497 e. The van der Waals surface area contributed by atoms with Crippen LogP contribution in [0, 0.1) is 11.6 Å². The molecule has 0 radical (unpaired) electrons. The lowest BCUT2D eigenvalue weighted by molar-refractivity contribution is -0.147. The Morgan fingerprint density at radius 2 is 1.37 bits per heavy atom. The first-order valence-electron chi connectivity index (χ1n) is 34.3. The molecule has 2 aliphatic heterocycles. The lowest BCUT2D eigenvalue weighted by Crippen LogP contribution is -2.63. The van der Waals surface area contributed by atoms with Gasteiger partial charge in [-0.2, -0.15) is 0 Å².